The van der Waals surface area contributed by atoms with Crippen LogP contribution in [0.4, 0.5) is 0 Å². The minimum atomic E-state index is 0.766. The molecule has 1 unspecified atom stereocenters. The van der Waals surface area contributed by atoms with Gasteiger partial charge in [-0.2, -0.15) is 0 Å². The van der Waals surface area contributed by atoms with Gasteiger partial charge in [-0.1, -0.05) is 12.1 Å². The highest BCUT2D eigenvalue weighted by Crippen LogP contribution is 2.11. The normalized spacial score (nSPS) is 19.3. The molecule has 1 heterocycles. The van der Waals surface area contributed by atoms with Crippen molar-refractivity contribution in [1.29, 1.82) is 0 Å². The molecule has 2 rings (SSSR count). The Morgan fingerprint density at radius 2 is 2.05 bits per heavy atom. The van der Waals surface area contributed by atoms with Gasteiger partial charge in [-0.05, 0) is 29.9 Å². The van der Waals surface area contributed by atoms with Gasteiger partial charge in [-0.25, -0.2) is 0 Å². The van der Waals surface area contributed by atoms with E-state index in [0.29, 0.717) is 0 Å². The van der Waals surface area contributed by atoms with Crippen LogP contribution in [0.25, 0.3) is 0 Å². The van der Waals surface area contributed by atoms with Crippen molar-refractivity contribution in [1.82, 2.24) is 10.2 Å². The molecule has 1 saturated heterocycles. The van der Waals surface area contributed by atoms with Crippen LogP contribution in [-0.2, 0) is 6.54 Å². The Balaban J connectivity index is 1.81. The van der Waals surface area contributed by atoms with Gasteiger partial charge in [-0.15, -0.1) is 0 Å². The number of hydrogen-bond acceptors (Lipinski definition) is 2. The van der Waals surface area contributed by atoms with Crippen LogP contribution in [0.3, 0.4) is 0 Å². The third kappa shape index (κ3) is 4.35. The summed E-state index contributed by atoms with van der Waals surface area (Å²) in [5.41, 5.74) is 1.21. The second-order valence-corrected chi connectivity index (χ2v) is 5.69. The van der Waals surface area contributed by atoms with Gasteiger partial charge in [0.25, 0.3) is 0 Å². The molecule has 1 aromatic rings. The first-order valence-electron chi connectivity index (χ1n) is 7.16. The van der Waals surface area contributed by atoms with Crippen molar-refractivity contribution in [3.8, 4) is 5.75 Å². The number of ether oxygens (including phenoxy) is 1. The number of quaternary nitrogens is 1. The summed E-state index contributed by atoms with van der Waals surface area (Å²) in [6, 6.07) is 8.08. The first-order chi connectivity index (χ1) is 9.69. The van der Waals surface area contributed by atoms with E-state index < -0.39 is 0 Å². The molecule has 1 aliphatic rings. The highest BCUT2D eigenvalue weighted by atomic mass is 32.1. The van der Waals surface area contributed by atoms with Crippen molar-refractivity contribution in [2.45, 2.75) is 13.0 Å². The zero-order valence-corrected chi connectivity index (χ0v) is 13.1. The summed E-state index contributed by atoms with van der Waals surface area (Å²) in [6.07, 6.45) is 1.20. The fourth-order valence-corrected chi connectivity index (χ4v) is 2.63. The quantitative estimate of drug-likeness (QED) is 0.784. The van der Waals surface area contributed by atoms with Gasteiger partial charge in [-0.3, -0.25) is 0 Å². The van der Waals surface area contributed by atoms with E-state index in [4.69, 9.17) is 17.0 Å². The minimum absolute atomic E-state index is 0.766. The number of likely N-dealkylation sites (N-methyl/N-ethyl adjacent to an activating group) is 1. The molecule has 0 aromatic heterocycles. The molecule has 0 saturated carbocycles. The first kappa shape index (κ1) is 15.1. The first-order valence-corrected chi connectivity index (χ1v) is 7.57. The molecule has 1 fully saturated rings. The van der Waals surface area contributed by atoms with Crippen LogP contribution in [0, 0.1) is 0 Å². The summed E-state index contributed by atoms with van der Waals surface area (Å²) in [4.78, 5) is 3.88. The summed E-state index contributed by atoms with van der Waals surface area (Å²) >= 11 is 5.50. The third-order valence-electron chi connectivity index (χ3n) is 3.73. The topological polar surface area (TPSA) is 28.9 Å². The van der Waals surface area contributed by atoms with E-state index in [1.807, 2.05) is 12.1 Å². The molecule has 0 radical (unpaired) electrons. The average molecular weight is 294 g/mol. The SMILES string of the molecule is COc1ccc(CNC(=S)N2CCC[NH+](C)CC2)cc1. The van der Waals surface area contributed by atoms with Gasteiger partial charge in [0.05, 0.1) is 33.8 Å². The number of thiocarbonyl (C=S) groups is 1. The average Bonchev–Trinajstić information content (AvgIpc) is 2.70. The maximum absolute atomic E-state index is 5.50. The molecule has 20 heavy (non-hydrogen) atoms. The van der Waals surface area contributed by atoms with Gasteiger partial charge in [0.1, 0.15) is 5.75 Å². The van der Waals surface area contributed by atoms with Crippen molar-refractivity contribution in [3.63, 3.8) is 0 Å². The molecule has 4 nitrogen and oxygen atoms in total. The van der Waals surface area contributed by atoms with Gasteiger partial charge in [0.15, 0.2) is 5.11 Å². The van der Waals surface area contributed by atoms with Crippen molar-refractivity contribution in [2.75, 3.05) is 40.3 Å². The molecule has 1 atom stereocenters. The monoisotopic (exact) mass is 294 g/mol. The van der Waals surface area contributed by atoms with E-state index in [9.17, 15) is 0 Å². The molecule has 0 spiro atoms. The Labute approximate surface area is 126 Å². The number of benzene rings is 1. The van der Waals surface area contributed by atoms with Crippen LogP contribution >= 0.6 is 12.2 Å². The van der Waals surface area contributed by atoms with Crippen molar-refractivity contribution in [3.05, 3.63) is 29.8 Å². The second-order valence-electron chi connectivity index (χ2n) is 5.30. The Bertz CT molecular complexity index is 435. The van der Waals surface area contributed by atoms with E-state index in [1.54, 1.807) is 12.0 Å². The predicted molar refractivity (Wildman–Crippen MR) is 85.2 cm³/mol. The maximum atomic E-state index is 5.50. The Morgan fingerprint density at radius 3 is 2.75 bits per heavy atom. The number of methoxy groups -OCH3 is 1. The maximum Gasteiger partial charge on any atom is 0.169 e. The second kappa shape index (κ2) is 7.45. The molecule has 0 amide bonds. The van der Waals surface area contributed by atoms with Crippen molar-refractivity contribution < 1.29 is 9.64 Å². The highest BCUT2D eigenvalue weighted by Gasteiger charge is 2.16. The van der Waals surface area contributed by atoms with Crippen LogP contribution in [0.15, 0.2) is 24.3 Å². The van der Waals surface area contributed by atoms with Gasteiger partial charge in [0, 0.05) is 19.5 Å². The lowest BCUT2D eigenvalue weighted by atomic mass is 10.2. The van der Waals surface area contributed by atoms with Crippen LogP contribution in [-0.4, -0.2) is 50.3 Å². The van der Waals surface area contributed by atoms with Gasteiger partial charge >= 0.3 is 0 Å². The fraction of sp³-hybridized carbons (Fsp3) is 0.533. The van der Waals surface area contributed by atoms with E-state index >= 15 is 0 Å². The zero-order chi connectivity index (χ0) is 14.4. The van der Waals surface area contributed by atoms with Crippen LogP contribution < -0.4 is 15.0 Å². The summed E-state index contributed by atoms with van der Waals surface area (Å²) in [7, 11) is 3.93. The molecule has 5 heteroatoms. The lowest BCUT2D eigenvalue weighted by molar-refractivity contribution is -0.877. The number of nitrogens with one attached hydrogen (secondary N) is 2. The smallest absolute Gasteiger partial charge is 0.169 e. The molecular formula is C15H24N3OS+. The number of nitrogens with zero attached hydrogens (tertiary/aromatic N) is 1. The molecule has 0 bridgehead atoms. The largest absolute Gasteiger partial charge is 0.497 e. The van der Waals surface area contributed by atoms with E-state index in [-0.39, 0.29) is 0 Å². The Morgan fingerprint density at radius 1 is 1.30 bits per heavy atom. The number of rotatable bonds is 3. The molecule has 0 aliphatic carbocycles. The highest BCUT2D eigenvalue weighted by molar-refractivity contribution is 7.80. The lowest BCUT2D eigenvalue weighted by Gasteiger charge is -2.23. The van der Waals surface area contributed by atoms with Gasteiger partial charge < -0.3 is 19.9 Å². The van der Waals surface area contributed by atoms with Crippen LogP contribution in [0.2, 0.25) is 0 Å². The van der Waals surface area contributed by atoms with E-state index in [2.05, 4.69) is 29.4 Å². The summed E-state index contributed by atoms with van der Waals surface area (Å²) in [5.74, 6) is 0.884. The zero-order valence-electron chi connectivity index (χ0n) is 12.3. The summed E-state index contributed by atoms with van der Waals surface area (Å²) in [6.45, 7) is 5.26. The van der Waals surface area contributed by atoms with Crippen molar-refractivity contribution in [2.24, 2.45) is 0 Å². The summed E-state index contributed by atoms with van der Waals surface area (Å²) < 4.78 is 5.16. The molecule has 1 aromatic carbocycles. The van der Waals surface area contributed by atoms with Crippen LogP contribution in [0.5, 0.6) is 5.75 Å². The fourth-order valence-electron chi connectivity index (χ4n) is 2.37. The molecular weight excluding hydrogens is 270 g/mol. The molecule has 1 aliphatic heterocycles. The van der Waals surface area contributed by atoms with Crippen LogP contribution in [0.1, 0.15) is 12.0 Å². The molecule has 110 valence electrons. The van der Waals surface area contributed by atoms with Crippen molar-refractivity contribution >= 4 is 17.3 Å². The number of hydrogen-bond donors (Lipinski definition) is 2. The minimum Gasteiger partial charge on any atom is -0.497 e. The Hall–Kier alpha value is -1.33. The summed E-state index contributed by atoms with van der Waals surface area (Å²) in [5, 5.41) is 4.23. The standard InChI is InChI=1S/C15H23N3OS/c1-17-8-3-9-18(11-10-17)15(20)16-12-13-4-6-14(19-2)7-5-13/h4-7H,3,8-12H2,1-2H3,(H,16,20)/p+1. The van der Waals surface area contributed by atoms with E-state index in [0.717, 1.165) is 37.0 Å². The van der Waals surface area contributed by atoms with E-state index in [1.165, 1.54) is 18.5 Å². The Kier molecular flexibility index (Phi) is 5.61. The van der Waals surface area contributed by atoms with Gasteiger partial charge in [0.2, 0.25) is 0 Å². The third-order valence-corrected chi connectivity index (χ3v) is 4.13. The predicted octanol–water partition coefficient (Wildman–Crippen LogP) is 0.290. The molecule has 2 N–H and O–H groups in total. The lowest BCUT2D eigenvalue weighted by Crippen LogP contribution is -3.09.